The van der Waals surface area contributed by atoms with Crippen molar-refractivity contribution in [1.29, 1.82) is 0 Å². The fraction of sp³-hybridized carbons (Fsp3) is 0.440. The Bertz CT molecular complexity index is 1230. The average molecular weight is 547 g/mol. The van der Waals surface area contributed by atoms with E-state index in [1.165, 1.54) is 0 Å². The molecule has 1 aromatic heterocycles. The number of benzene rings is 1. The minimum atomic E-state index is -1.45. The maximum atomic E-state index is 13.4. The van der Waals surface area contributed by atoms with Crippen LogP contribution in [0.3, 0.4) is 0 Å². The van der Waals surface area contributed by atoms with E-state index in [1.54, 1.807) is 32.2 Å². The number of hydrogen-bond acceptors (Lipinski definition) is 7. The fourth-order valence-electron chi connectivity index (χ4n) is 3.88. The van der Waals surface area contributed by atoms with Gasteiger partial charge in [-0.05, 0) is 24.0 Å². The molecule has 212 valence electrons. The number of carboxylic acid groups (broad SMARTS) is 2. The summed E-state index contributed by atoms with van der Waals surface area (Å²) in [6.45, 7) is 3.17. The van der Waals surface area contributed by atoms with Crippen LogP contribution in [0.4, 0.5) is 0 Å². The maximum Gasteiger partial charge on any atom is 0.326 e. The number of fused-ring (bicyclic) bond motifs is 1. The minimum absolute atomic E-state index is 0.0602. The highest BCUT2D eigenvalue weighted by atomic mass is 16.4. The largest absolute Gasteiger partial charge is 0.481 e. The Morgan fingerprint density at radius 2 is 1.54 bits per heavy atom. The van der Waals surface area contributed by atoms with Crippen molar-refractivity contribution in [2.24, 2.45) is 17.4 Å². The molecule has 2 rings (SSSR count). The molecule has 4 unspecified atom stereocenters. The zero-order valence-electron chi connectivity index (χ0n) is 21.6. The molecule has 0 saturated carbocycles. The number of aliphatic carboxylic acids is 2. The lowest BCUT2D eigenvalue weighted by atomic mass is 10.0. The molecule has 0 aliphatic rings. The van der Waals surface area contributed by atoms with Gasteiger partial charge in [0.15, 0.2) is 0 Å². The van der Waals surface area contributed by atoms with Crippen LogP contribution in [0.15, 0.2) is 30.5 Å². The second kappa shape index (κ2) is 13.9. The van der Waals surface area contributed by atoms with E-state index in [1.807, 2.05) is 12.1 Å². The van der Waals surface area contributed by atoms with Gasteiger partial charge in [-0.15, -0.1) is 0 Å². The van der Waals surface area contributed by atoms with Crippen LogP contribution in [0, 0.1) is 5.92 Å². The van der Waals surface area contributed by atoms with Crippen molar-refractivity contribution in [1.82, 2.24) is 20.9 Å². The highest BCUT2D eigenvalue weighted by Gasteiger charge is 2.32. The summed E-state index contributed by atoms with van der Waals surface area (Å²) in [5.74, 6) is -6.41. The van der Waals surface area contributed by atoms with E-state index < -0.39 is 72.1 Å². The number of para-hydroxylation sites is 1. The third-order valence-electron chi connectivity index (χ3n) is 6.01. The van der Waals surface area contributed by atoms with Crippen LogP contribution in [0.1, 0.15) is 38.7 Å². The van der Waals surface area contributed by atoms with Crippen LogP contribution in [-0.2, 0) is 35.2 Å². The third kappa shape index (κ3) is 9.10. The number of amides is 4. The van der Waals surface area contributed by atoms with E-state index in [0.717, 1.165) is 10.9 Å². The van der Waals surface area contributed by atoms with Crippen molar-refractivity contribution in [2.45, 2.75) is 63.7 Å². The third-order valence-corrected chi connectivity index (χ3v) is 6.01. The summed E-state index contributed by atoms with van der Waals surface area (Å²) >= 11 is 0. The molecule has 0 spiro atoms. The lowest BCUT2D eigenvalue weighted by Crippen LogP contribution is -2.58. The van der Waals surface area contributed by atoms with E-state index in [0.29, 0.717) is 5.56 Å². The van der Waals surface area contributed by atoms with Crippen LogP contribution in [0.2, 0.25) is 0 Å². The molecule has 1 heterocycles. The van der Waals surface area contributed by atoms with Gasteiger partial charge >= 0.3 is 11.9 Å². The Morgan fingerprint density at radius 3 is 2.13 bits per heavy atom. The SMILES string of the molecule is CC(C)C(NC(=O)C(CCC(N)=O)NC(=O)C(Cc1c[nH]c2ccccc12)NC(=O)C(N)CC(=O)O)C(=O)O. The molecule has 14 nitrogen and oxygen atoms in total. The number of hydrogen-bond donors (Lipinski definition) is 8. The van der Waals surface area contributed by atoms with Crippen molar-refractivity contribution in [3.05, 3.63) is 36.0 Å². The summed E-state index contributed by atoms with van der Waals surface area (Å²) in [5.41, 5.74) is 12.3. The molecule has 1 aromatic carbocycles. The van der Waals surface area contributed by atoms with Crippen molar-refractivity contribution in [2.75, 3.05) is 0 Å². The topological polar surface area (TPSA) is 247 Å². The van der Waals surface area contributed by atoms with Gasteiger partial charge in [0, 0.05) is 29.9 Å². The maximum absolute atomic E-state index is 13.4. The van der Waals surface area contributed by atoms with E-state index in [-0.39, 0.29) is 19.3 Å². The molecule has 0 radical (unpaired) electrons. The molecule has 4 amide bonds. The van der Waals surface area contributed by atoms with Gasteiger partial charge in [0.1, 0.15) is 18.1 Å². The number of H-pyrrole nitrogens is 1. The van der Waals surface area contributed by atoms with E-state index in [2.05, 4.69) is 20.9 Å². The first kappa shape index (κ1) is 30.8. The number of carboxylic acids is 2. The summed E-state index contributed by atoms with van der Waals surface area (Å²) in [6, 6.07) is 1.83. The van der Waals surface area contributed by atoms with Gasteiger partial charge in [-0.2, -0.15) is 0 Å². The monoisotopic (exact) mass is 546 g/mol. The highest BCUT2D eigenvalue weighted by Crippen LogP contribution is 2.19. The molecule has 14 heteroatoms. The van der Waals surface area contributed by atoms with Crippen LogP contribution >= 0.6 is 0 Å². The highest BCUT2D eigenvalue weighted by molar-refractivity contribution is 5.95. The van der Waals surface area contributed by atoms with Gasteiger partial charge < -0.3 is 42.6 Å². The van der Waals surface area contributed by atoms with Gasteiger partial charge in [0.2, 0.25) is 23.6 Å². The molecule has 0 aliphatic carbocycles. The van der Waals surface area contributed by atoms with Crippen molar-refractivity contribution >= 4 is 46.5 Å². The van der Waals surface area contributed by atoms with E-state index in [9.17, 15) is 33.9 Å². The fourth-order valence-corrected chi connectivity index (χ4v) is 3.88. The first-order valence-electron chi connectivity index (χ1n) is 12.2. The Morgan fingerprint density at radius 1 is 0.923 bits per heavy atom. The van der Waals surface area contributed by atoms with Gasteiger partial charge in [-0.1, -0.05) is 32.0 Å². The Hall–Kier alpha value is -4.46. The molecule has 39 heavy (non-hydrogen) atoms. The summed E-state index contributed by atoms with van der Waals surface area (Å²) in [6.07, 6.45) is 0.383. The van der Waals surface area contributed by atoms with Crippen molar-refractivity contribution < 1.29 is 39.0 Å². The number of aromatic amines is 1. The van der Waals surface area contributed by atoms with Gasteiger partial charge in [0.05, 0.1) is 12.5 Å². The Balaban J connectivity index is 2.33. The molecule has 0 fully saturated rings. The molecular weight excluding hydrogens is 512 g/mol. The van der Waals surface area contributed by atoms with Crippen LogP contribution in [0.25, 0.3) is 10.9 Å². The molecule has 0 saturated heterocycles. The molecule has 10 N–H and O–H groups in total. The number of carbonyl (C=O) groups excluding carboxylic acids is 4. The van der Waals surface area contributed by atoms with Crippen LogP contribution in [-0.4, -0.2) is 74.9 Å². The summed E-state index contributed by atoms with van der Waals surface area (Å²) in [5, 5.41) is 26.4. The number of primary amides is 1. The van der Waals surface area contributed by atoms with E-state index >= 15 is 0 Å². The minimum Gasteiger partial charge on any atom is -0.481 e. The van der Waals surface area contributed by atoms with E-state index in [4.69, 9.17) is 16.6 Å². The predicted octanol–water partition coefficient (Wildman–Crippen LogP) is -1.03. The number of nitrogens with one attached hydrogen (secondary N) is 4. The summed E-state index contributed by atoms with van der Waals surface area (Å²) in [7, 11) is 0. The molecule has 0 bridgehead atoms. The first-order chi connectivity index (χ1) is 18.3. The standard InChI is InChI=1S/C25H34N6O8/c1-12(2)21(25(38)39)31-23(36)17(7-8-19(27)32)29-24(37)18(30-22(35)15(26)10-20(33)34)9-13-11-28-16-6-4-3-5-14(13)16/h3-6,11-12,15,17-18,21,28H,7-10,26H2,1-2H3,(H2,27,32)(H,29,37)(H,30,35)(H,31,36)(H,33,34)(H,38,39). The Kier molecular flexibility index (Phi) is 11.0. The first-order valence-corrected chi connectivity index (χ1v) is 12.2. The smallest absolute Gasteiger partial charge is 0.326 e. The normalized spacial score (nSPS) is 14.2. The number of carbonyl (C=O) groups is 6. The van der Waals surface area contributed by atoms with Gasteiger partial charge in [0.25, 0.3) is 0 Å². The number of rotatable bonds is 15. The molecule has 2 aromatic rings. The molecular formula is C25H34N6O8. The summed E-state index contributed by atoms with van der Waals surface area (Å²) in [4.78, 5) is 76.0. The number of nitrogens with two attached hydrogens (primary N) is 2. The van der Waals surface area contributed by atoms with Gasteiger partial charge in [-0.25, -0.2) is 4.79 Å². The zero-order valence-corrected chi connectivity index (χ0v) is 21.6. The summed E-state index contributed by atoms with van der Waals surface area (Å²) < 4.78 is 0. The van der Waals surface area contributed by atoms with Crippen molar-refractivity contribution in [3.8, 4) is 0 Å². The molecule has 4 atom stereocenters. The zero-order chi connectivity index (χ0) is 29.3. The van der Waals surface area contributed by atoms with Crippen LogP contribution in [0.5, 0.6) is 0 Å². The second-order valence-corrected chi connectivity index (χ2v) is 9.46. The molecule has 0 aliphatic heterocycles. The van der Waals surface area contributed by atoms with Crippen molar-refractivity contribution in [3.63, 3.8) is 0 Å². The Labute approximate surface area is 223 Å². The lowest BCUT2D eigenvalue weighted by molar-refractivity contribution is -0.143. The second-order valence-electron chi connectivity index (χ2n) is 9.46. The quantitative estimate of drug-likeness (QED) is 0.136. The van der Waals surface area contributed by atoms with Crippen LogP contribution < -0.4 is 27.4 Å². The predicted molar refractivity (Wildman–Crippen MR) is 139 cm³/mol. The average Bonchev–Trinajstić information content (AvgIpc) is 3.26. The van der Waals surface area contributed by atoms with Gasteiger partial charge in [-0.3, -0.25) is 24.0 Å². The lowest BCUT2D eigenvalue weighted by Gasteiger charge is -2.26. The number of aromatic nitrogens is 1.